The van der Waals surface area contributed by atoms with Crippen molar-refractivity contribution >= 4 is 11.9 Å². The number of carbonyl (C=O) groups is 2. The van der Waals surface area contributed by atoms with Crippen molar-refractivity contribution in [3.05, 3.63) is 47.8 Å². The summed E-state index contributed by atoms with van der Waals surface area (Å²) >= 11 is 0. The van der Waals surface area contributed by atoms with E-state index >= 15 is 0 Å². The van der Waals surface area contributed by atoms with Gasteiger partial charge in [-0.1, -0.05) is 13.8 Å². The first-order chi connectivity index (χ1) is 15.8. The minimum Gasteiger partial charge on any atom is -0.503 e. The molecule has 0 spiro atoms. The molecule has 186 valence electrons. The van der Waals surface area contributed by atoms with Gasteiger partial charge in [-0.25, -0.2) is 9.78 Å². The van der Waals surface area contributed by atoms with Crippen molar-refractivity contribution in [3.63, 3.8) is 0 Å². The van der Waals surface area contributed by atoms with Gasteiger partial charge < -0.3 is 24.6 Å². The molecule has 2 rings (SSSR count). The molecule has 0 saturated heterocycles. The Labute approximate surface area is 195 Å². The monoisotopic (exact) mass is 484 g/mol. The van der Waals surface area contributed by atoms with Gasteiger partial charge in [0.1, 0.15) is 24.0 Å². The van der Waals surface area contributed by atoms with Crippen molar-refractivity contribution in [2.75, 3.05) is 7.11 Å². The van der Waals surface area contributed by atoms with Crippen molar-refractivity contribution in [1.29, 1.82) is 0 Å². The molecular formula is C23H27F3N2O6. The molecule has 0 saturated carbocycles. The summed E-state index contributed by atoms with van der Waals surface area (Å²) in [6.45, 7) is 6.59. The summed E-state index contributed by atoms with van der Waals surface area (Å²) in [4.78, 5) is 28.9. The standard InChI is InChI=1S/C23H27F3N2O6/c1-12(2)20(14(4)33-16-8-6-15(7-9-16)23(24,25)26)34-22(31)13(3)28-21(30)18-19(29)17(32-5)10-11-27-18/h6-14,20,29H,1-5H3,(H,28,30)/t13-,14-,20+/m0/s1. The fraction of sp³-hybridized carbons (Fsp3) is 0.435. The zero-order chi connectivity index (χ0) is 25.6. The number of pyridine rings is 1. The number of aromatic nitrogens is 1. The van der Waals surface area contributed by atoms with E-state index in [1.54, 1.807) is 20.8 Å². The van der Waals surface area contributed by atoms with E-state index < -0.39 is 47.6 Å². The molecule has 2 N–H and O–H groups in total. The highest BCUT2D eigenvalue weighted by Gasteiger charge is 2.32. The Morgan fingerprint density at radius 2 is 1.68 bits per heavy atom. The van der Waals surface area contributed by atoms with Crippen LogP contribution in [-0.2, 0) is 15.7 Å². The molecule has 1 heterocycles. The molecule has 1 aromatic carbocycles. The lowest BCUT2D eigenvalue weighted by Crippen LogP contribution is -2.45. The highest BCUT2D eigenvalue weighted by molar-refractivity contribution is 5.97. The highest BCUT2D eigenvalue weighted by Crippen LogP contribution is 2.31. The quantitative estimate of drug-likeness (QED) is 0.519. The van der Waals surface area contributed by atoms with Crippen LogP contribution in [0, 0.1) is 5.92 Å². The predicted octanol–water partition coefficient (Wildman–Crippen LogP) is 3.97. The number of ether oxygens (including phenoxy) is 3. The van der Waals surface area contributed by atoms with Gasteiger partial charge in [-0.2, -0.15) is 13.2 Å². The number of nitrogens with zero attached hydrogens (tertiary/aromatic N) is 1. The molecule has 0 unspecified atom stereocenters. The van der Waals surface area contributed by atoms with Gasteiger partial charge in [-0.3, -0.25) is 4.79 Å². The van der Waals surface area contributed by atoms with E-state index in [0.29, 0.717) is 0 Å². The zero-order valence-corrected chi connectivity index (χ0v) is 19.3. The first-order valence-corrected chi connectivity index (χ1v) is 10.4. The normalized spacial score (nSPS) is 14.1. The number of nitrogens with one attached hydrogen (secondary N) is 1. The molecule has 1 aromatic heterocycles. The van der Waals surface area contributed by atoms with Crippen molar-refractivity contribution in [2.45, 2.75) is 52.1 Å². The maximum atomic E-state index is 12.7. The Kier molecular flexibility index (Phi) is 8.72. The molecule has 0 radical (unpaired) electrons. The fourth-order valence-electron chi connectivity index (χ4n) is 3.11. The van der Waals surface area contributed by atoms with Gasteiger partial charge in [0.05, 0.1) is 12.7 Å². The number of methoxy groups -OCH3 is 1. The second-order valence-corrected chi connectivity index (χ2v) is 7.90. The molecule has 11 heteroatoms. The van der Waals surface area contributed by atoms with Crippen molar-refractivity contribution in [1.82, 2.24) is 10.3 Å². The topological polar surface area (TPSA) is 107 Å². The van der Waals surface area contributed by atoms with Gasteiger partial charge in [0.15, 0.2) is 17.2 Å². The van der Waals surface area contributed by atoms with E-state index in [-0.39, 0.29) is 23.1 Å². The van der Waals surface area contributed by atoms with Gasteiger partial charge in [0, 0.05) is 12.3 Å². The summed E-state index contributed by atoms with van der Waals surface area (Å²) in [7, 11) is 1.32. The maximum absolute atomic E-state index is 12.7. The van der Waals surface area contributed by atoms with Crippen molar-refractivity contribution in [2.24, 2.45) is 5.92 Å². The number of benzene rings is 1. The Hall–Kier alpha value is -3.50. The minimum atomic E-state index is -4.46. The highest BCUT2D eigenvalue weighted by atomic mass is 19.4. The van der Waals surface area contributed by atoms with Crippen LogP contribution in [0.3, 0.4) is 0 Å². The number of hydrogen-bond donors (Lipinski definition) is 2. The third kappa shape index (κ3) is 6.75. The smallest absolute Gasteiger partial charge is 0.416 e. The number of esters is 1. The lowest BCUT2D eigenvalue weighted by Gasteiger charge is -2.29. The van der Waals surface area contributed by atoms with Crippen LogP contribution in [0.4, 0.5) is 13.2 Å². The first-order valence-electron chi connectivity index (χ1n) is 10.4. The number of halogens is 3. The number of rotatable bonds is 9. The largest absolute Gasteiger partial charge is 0.503 e. The molecule has 3 atom stereocenters. The Morgan fingerprint density at radius 3 is 2.21 bits per heavy atom. The van der Waals surface area contributed by atoms with Gasteiger partial charge >= 0.3 is 12.1 Å². The number of aromatic hydroxyl groups is 1. The van der Waals surface area contributed by atoms with Crippen molar-refractivity contribution in [3.8, 4) is 17.2 Å². The SMILES string of the molecule is COc1ccnc(C(=O)N[C@@H](C)C(=O)O[C@H](C(C)C)[C@H](C)Oc2ccc(C(F)(F)F)cc2)c1O. The summed E-state index contributed by atoms with van der Waals surface area (Å²) in [6.07, 6.45) is -4.66. The Balaban J connectivity index is 2.04. The summed E-state index contributed by atoms with van der Waals surface area (Å²) in [5, 5.41) is 12.5. The third-order valence-electron chi connectivity index (χ3n) is 4.90. The fourth-order valence-corrected chi connectivity index (χ4v) is 3.11. The lowest BCUT2D eigenvalue weighted by molar-refractivity contribution is -0.158. The second-order valence-electron chi connectivity index (χ2n) is 7.90. The van der Waals surface area contributed by atoms with E-state index in [9.17, 15) is 27.9 Å². The van der Waals surface area contributed by atoms with Crippen LogP contribution in [0.15, 0.2) is 36.5 Å². The average Bonchev–Trinajstić information content (AvgIpc) is 2.76. The Bertz CT molecular complexity index is 995. The third-order valence-corrected chi connectivity index (χ3v) is 4.90. The van der Waals surface area contributed by atoms with Crippen LogP contribution in [-0.4, -0.2) is 47.3 Å². The van der Waals surface area contributed by atoms with Crippen molar-refractivity contribution < 1.29 is 42.1 Å². The molecule has 2 aromatic rings. The summed E-state index contributed by atoms with van der Waals surface area (Å²) in [5.74, 6) is -2.02. The molecule has 34 heavy (non-hydrogen) atoms. The van der Waals surface area contributed by atoms with E-state index in [1.165, 1.54) is 38.4 Å². The number of amides is 1. The number of alkyl halides is 3. The second kappa shape index (κ2) is 11.1. The predicted molar refractivity (Wildman–Crippen MR) is 116 cm³/mol. The van der Waals surface area contributed by atoms with E-state index in [2.05, 4.69) is 10.3 Å². The first kappa shape index (κ1) is 26.7. The van der Waals surface area contributed by atoms with Crippen LogP contribution >= 0.6 is 0 Å². The number of hydrogen-bond acceptors (Lipinski definition) is 7. The lowest BCUT2D eigenvalue weighted by atomic mass is 10.0. The van der Waals surface area contributed by atoms with Crippen LogP contribution in [0.25, 0.3) is 0 Å². The van der Waals surface area contributed by atoms with Gasteiger partial charge in [-0.15, -0.1) is 0 Å². The van der Waals surface area contributed by atoms with E-state index in [4.69, 9.17) is 14.2 Å². The molecular weight excluding hydrogens is 457 g/mol. The molecule has 0 aliphatic heterocycles. The maximum Gasteiger partial charge on any atom is 0.416 e. The summed E-state index contributed by atoms with van der Waals surface area (Å²) in [6, 6.07) is 4.45. The molecule has 0 fully saturated rings. The molecule has 0 bridgehead atoms. The van der Waals surface area contributed by atoms with Gasteiger partial charge in [0.2, 0.25) is 0 Å². The minimum absolute atomic E-state index is 0.0458. The van der Waals surface area contributed by atoms with E-state index in [1.807, 2.05) is 0 Å². The van der Waals surface area contributed by atoms with Gasteiger partial charge in [0.25, 0.3) is 5.91 Å². The van der Waals surface area contributed by atoms with Crippen LogP contribution in [0.1, 0.15) is 43.7 Å². The molecule has 0 aliphatic rings. The number of carbonyl (C=O) groups excluding carboxylic acids is 2. The van der Waals surface area contributed by atoms with Crippen LogP contribution < -0.4 is 14.8 Å². The van der Waals surface area contributed by atoms with Crippen LogP contribution in [0.2, 0.25) is 0 Å². The zero-order valence-electron chi connectivity index (χ0n) is 19.3. The molecule has 1 amide bonds. The average molecular weight is 484 g/mol. The van der Waals surface area contributed by atoms with Crippen LogP contribution in [0.5, 0.6) is 17.2 Å². The molecule has 0 aliphatic carbocycles. The Morgan fingerprint density at radius 1 is 1.06 bits per heavy atom. The molecule has 8 nitrogen and oxygen atoms in total. The van der Waals surface area contributed by atoms with Gasteiger partial charge in [-0.05, 0) is 44.0 Å². The van der Waals surface area contributed by atoms with E-state index in [0.717, 1.165) is 12.1 Å². The summed E-state index contributed by atoms with van der Waals surface area (Å²) < 4.78 is 54.4. The summed E-state index contributed by atoms with van der Waals surface area (Å²) in [5.41, 5.74) is -1.13.